The predicted octanol–water partition coefficient (Wildman–Crippen LogP) is 3.13. The van der Waals surface area contributed by atoms with Gasteiger partial charge in [0, 0.05) is 18.3 Å². The molecule has 2 amide bonds. The molecule has 0 aliphatic carbocycles. The number of anilines is 2. The molecule has 5 heteroatoms. The Labute approximate surface area is 128 Å². The van der Waals surface area contributed by atoms with Crippen molar-refractivity contribution in [2.45, 2.75) is 13.8 Å². The Morgan fingerprint density at radius 3 is 2.41 bits per heavy atom. The van der Waals surface area contributed by atoms with E-state index in [-0.39, 0.29) is 24.2 Å². The lowest BCUT2D eigenvalue weighted by Gasteiger charge is -2.21. The van der Waals surface area contributed by atoms with Crippen LogP contribution in [0, 0.1) is 12.7 Å². The molecular weight excluding hydrogens is 283 g/mol. The van der Waals surface area contributed by atoms with Crippen molar-refractivity contribution in [2.24, 2.45) is 0 Å². The van der Waals surface area contributed by atoms with E-state index < -0.39 is 0 Å². The van der Waals surface area contributed by atoms with E-state index in [4.69, 9.17) is 0 Å². The second-order valence-corrected chi connectivity index (χ2v) is 5.00. The van der Waals surface area contributed by atoms with E-state index in [1.54, 1.807) is 6.07 Å². The van der Waals surface area contributed by atoms with Gasteiger partial charge >= 0.3 is 0 Å². The SMILES string of the molecule is CC(=O)N(CC(=O)Nc1ccc(F)cc1)c1cccc(C)c1. The predicted molar refractivity (Wildman–Crippen MR) is 84.2 cm³/mol. The fraction of sp³-hybridized carbons (Fsp3) is 0.176. The van der Waals surface area contributed by atoms with Gasteiger partial charge in [0.05, 0.1) is 0 Å². The summed E-state index contributed by atoms with van der Waals surface area (Å²) >= 11 is 0. The molecular formula is C17H17FN2O2. The third-order valence-corrected chi connectivity index (χ3v) is 3.12. The average molecular weight is 300 g/mol. The van der Waals surface area contributed by atoms with Crippen LogP contribution < -0.4 is 10.2 Å². The van der Waals surface area contributed by atoms with Gasteiger partial charge in [0.25, 0.3) is 0 Å². The van der Waals surface area contributed by atoms with E-state index in [9.17, 15) is 14.0 Å². The second-order valence-electron chi connectivity index (χ2n) is 5.00. The van der Waals surface area contributed by atoms with Crippen molar-refractivity contribution < 1.29 is 14.0 Å². The van der Waals surface area contributed by atoms with Gasteiger partial charge < -0.3 is 10.2 Å². The first-order valence-electron chi connectivity index (χ1n) is 6.86. The molecule has 0 bridgehead atoms. The minimum absolute atomic E-state index is 0.101. The van der Waals surface area contributed by atoms with Crippen molar-refractivity contribution >= 4 is 23.2 Å². The summed E-state index contributed by atoms with van der Waals surface area (Å²) in [5.74, 6) is -0.939. The zero-order chi connectivity index (χ0) is 16.1. The summed E-state index contributed by atoms with van der Waals surface area (Å²) < 4.78 is 12.8. The van der Waals surface area contributed by atoms with E-state index in [1.165, 1.54) is 36.1 Å². The number of nitrogens with zero attached hydrogens (tertiary/aromatic N) is 1. The van der Waals surface area contributed by atoms with Crippen molar-refractivity contribution in [1.29, 1.82) is 0 Å². The molecule has 22 heavy (non-hydrogen) atoms. The van der Waals surface area contributed by atoms with Crippen LogP contribution in [0.5, 0.6) is 0 Å². The Hall–Kier alpha value is -2.69. The number of aryl methyl sites for hydroxylation is 1. The van der Waals surface area contributed by atoms with E-state index in [0.29, 0.717) is 11.4 Å². The first kappa shape index (κ1) is 15.7. The van der Waals surface area contributed by atoms with Gasteiger partial charge in [0.2, 0.25) is 11.8 Å². The molecule has 0 radical (unpaired) electrons. The largest absolute Gasteiger partial charge is 0.325 e. The molecule has 0 aliphatic rings. The van der Waals surface area contributed by atoms with Gasteiger partial charge in [0.15, 0.2) is 0 Å². The quantitative estimate of drug-likeness (QED) is 0.943. The molecule has 2 aromatic carbocycles. The lowest BCUT2D eigenvalue weighted by molar-refractivity contribution is -0.120. The maximum absolute atomic E-state index is 12.8. The number of amides is 2. The van der Waals surface area contributed by atoms with Crippen LogP contribution in [0.4, 0.5) is 15.8 Å². The van der Waals surface area contributed by atoms with E-state index in [0.717, 1.165) is 5.56 Å². The van der Waals surface area contributed by atoms with Crippen LogP contribution >= 0.6 is 0 Å². The molecule has 4 nitrogen and oxygen atoms in total. The fourth-order valence-corrected chi connectivity index (χ4v) is 2.06. The van der Waals surface area contributed by atoms with Gasteiger partial charge in [-0.25, -0.2) is 4.39 Å². The third-order valence-electron chi connectivity index (χ3n) is 3.12. The van der Waals surface area contributed by atoms with Crippen LogP contribution in [0.1, 0.15) is 12.5 Å². The highest BCUT2D eigenvalue weighted by atomic mass is 19.1. The molecule has 2 aromatic rings. The van der Waals surface area contributed by atoms with Crippen molar-refractivity contribution in [3.05, 3.63) is 59.9 Å². The Kier molecular flexibility index (Phi) is 4.88. The molecule has 0 fully saturated rings. The monoisotopic (exact) mass is 300 g/mol. The van der Waals surface area contributed by atoms with Crippen molar-refractivity contribution in [1.82, 2.24) is 0 Å². The third kappa shape index (κ3) is 4.15. The van der Waals surface area contributed by atoms with Crippen molar-refractivity contribution in [2.75, 3.05) is 16.8 Å². The van der Waals surface area contributed by atoms with Gasteiger partial charge in [-0.3, -0.25) is 9.59 Å². The number of hydrogen-bond acceptors (Lipinski definition) is 2. The van der Waals surface area contributed by atoms with Crippen LogP contribution in [0.2, 0.25) is 0 Å². The zero-order valence-corrected chi connectivity index (χ0v) is 12.5. The Morgan fingerprint density at radius 2 is 1.82 bits per heavy atom. The highest BCUT2D eigenvalue weighted by Gasteiger charge is 2.16. The molecule has 0 aliphatic heterocycles. The minimum Gasteiger partial charge on any atom is -0.325 e. The molecule has 0 aromatic heterocycles. The summed E-state index contributed by atoms with van der Waals surface area (Å²) in [4.78, 5) is 25.3. The minimum atomic E-state index is -0.372. The highest BCUT2D eigenvalue weighted by molar-refractivity contribution is 6.01. The molecule has 1 N–H and O–H groups in total. The summed E-state index contributed by atoms with van der Waals surface area (Å²) in [6, 6.07) is 12.8. The summed E-state index contributed by atoms with van der Waals surface area (Å²) in [7, 11) is 0. The molecule has 0 atom stereocenters. The topological polar surface area (TPSA) is 49.4 Å². The van der Waals surface area contributed by atoms with Crippen LogP contribution in [0.25, 0.3) is 0 Å². The highest BCUT2D eigenvalue weighted by Crippen LogP contribution is 2.16. The van der Waals surface area contributed by atoms with Crippen molar-refractivity contribution in [3.8, 4) is 0 Å². The molecule has 0 saturated heterocycles. The lowest BCUT2D eigenvalue weighted by Crippen LogP contribution is -2.36. The van der Waals surface area contributed by atoms with Gasteiger partial charge in [-0.2, -0.15) is 0 Å². The number of carbonyl (C=O) groups is 2. The van der Waals surface area contributed by atoms with Crippen LogP contribution in [0.15, 0.2) is 48.5 Å². The Balaban J connectivity index is 2.09. The molecule has 0 heterocycles. The van der Waals surface area contributed by atoms with E-state index >= 15 is 0 Å². The first-order chi connectivity index (χ1) is 10.5. The summed E-state index contributed by atoms with van der Waals surface area (Å²) in [6.07, 6.45) is 0. The maximum Gasteiger partial charge on any atom is 0.244 e. The average Bonchev–Trinajstić information content (AvgIpc) is 2.47. The van der Waals surface area contributed by atoms with Crippen LogP contribution in [-0.2, 0) is 9.59 Å². The van der Waals surface area contributed by atoms with Crippen LogP contribution in [0.3, 0.4) is 0 Å². The summed E-state index contributed by atoms with van der Waals surface area (Å²) in [5, 5.41) is 2.64. The van der Waals surface area contributed by atoms with E-state index in [1.807, 2.05) is 25.1 Å². The normalized spacial score (nSPS) is 10.1. The molecule has 2 rings (SSSR count). The summed E-state index contributed by atoms with van der Waals surface area (Å²) in [6.45, 7) is 3.23. The summed E-state index contributed by atoms with van der Waals surface area (Å²) in [5.41, 5.74) is 2.16. The molecule has 0 saturated carbocycles. The standard InChI is InChI=1S/C17H17FN2O2/c1-12-4-3-5-16(10-12)20(13(2)21)11-17(22)19-15-8-6-14(18)7-9-15/h3-10H,11H2,1-2H3,(H,19,22). The zero-order valence-electron chi connectivity index (χ0n) is 12.5. The maximum atomic E-state index is 12.8. The van der Waals surface area contributed by atoms with Gasteiger partial charge in [-0.15, -0.1) is 0 Å². The van der Waals surface area contributed by atoms with Gasteiger partial charge in [-0.1, -0.05) is 12.1 Å². The molecule has 0 spiro atoms. The second kappa shape index (κ2) is 6.85. The number of halogens is 1. The lowest BCUT2D eigenvalue weighted by atomic mass is 10.2. The number of rotatable bonds is 4. The fourth-order valence-electron chi connectivity index (χ4n) is 2.06. The molecule has 0 unspecified atom stereocenters. The van der Waals surface area contributed by atoms with Crippen LogP contribution in [-0.4, -0.2) is 18.4 Å². The first-order valence-corrected chi connectivity index (χ1v) is 6.86. The number of hydrogen-bond donors (Lipinski definition) is 1. The number of carbonyl (C=O) groups excluding carboxylic acids is 2. The number of nitrogens with one attached hydrogen (secondary N) is 1. The molecule has 114 valence electrons. The Morgan fingerprint density at radius 1 is 1.14 bits per heavy atom. The van der Waals surface area contributed by atoms with Gasteiger partial charge in [0.1, 0.15) is 12.4 Å². The van der Waals surface area contributed by atoms with Gasteiger partial charge in [-0.05, 0) is 48.9 Å². The Bertz CT molecular complexity index is 683. The van der Waals surface area contributed by atoms with E-state index in [2.05, 4.69) is 5.32 Å². The van der Waals surface area contributed by atoms with Crippen molar-refractivity contribution in [3.63, 3.8) is 0 Å². The smallest absolute Gasteiger partial charge is 0.244 e. The number of benzene rings is 2.